The minimum Gasteiger partial charge on any atom is -0.497 e. The molecule has 0 saturated carbocycles. The number of benzene rings is 2. The van der Waals surface area contributed by atoms with Crippen molar-refractivity contribution in [3.63, 3.8) is 0 Å². The fraction of sp³-hybridized carbons (Fsp3) is 0.125. The third-order valence-corrected chi connectivity index (χ3v) is 2.81. The van der Waals surface area contributed by atoms with Gasteiger partial charge in [-0.3, -0.25) is 4.79 Å². The van der Waals surface area contributed by atoms with Crippen molar-refractivity contribution in [3.8, 4) is 11.8 Å². The van der Waals surface area contributed by atoms with Gasteiger partial charge in [0.25, 0.3) is 0 Å². The molecule has 0 aliphatic rings. The summed E-state index contributed by atoms with van der Waals surface area (Å²) < 4.78 is 5.16. The van der Waals surface area contributed by atoms with Crippen molar-refractivity contribution in [1.29, 1.82) is 5.26 Å². The van der Waals surface area contributed by atoms with Gasteiger partial charge in [-0.05, 0) is 30.3 Å². The number of hydrogen-bond donors (Lipinski definition) is 2. The lowest BCUT2D eigenvalue weighted by atomic mass is 10.1. The summed E-state index contributed by atoms with van der Waals surface area (Å²) in [5.74, 6) is 0.528. The van der Waals surface area contributed by atoms with Crippen LogP contribution in [0, 0.1) is 11.3 Å². The molecule has 5 nitrogen and oxygen atoms in total. The first kappa shape index (κ1) is 14.4. The van der Waals surface area contributed by atoms with Crippen molar-refractivity contribution < 1.29 is 9.53 Å². The van der Waals surface area contributed by atoms with Crippen LogP contribution < -0.4 is 15.4 Å². The summed E-state index contributed by atoms with van der Waals surface area (Å²) in [6, 6.07) is 14.6. The zero-order valence-electron chi connectivity index (χ0n) is 11.8. The van der Waals surface area contributed by atoms with E-state index in [4.69, 9.17) is 10.00 Å². The van der Waals surface area contributed by atoms with Crippen LogP contribution in [0.25, 0.3) is 0 Å². The summed E-state index contributed by atoms with van der Waals surface area (Å²) >= 11 is 0. The van der Waals surface area contributed by atoms with Crippen LogP contribution in [0.1, 0.15) is 12.5 Å². The first-order valence-corrected chi connectivity index (χ1v) is 6.35. The van der Waals surface area contributed by atoms with E-state index in [1.165, 1.54) is 6.92 Å². The lowest BCUT2D eigenvalue weighted by molar-refractivity contribution is -0.114. The third kappa shape index (κ3) is 3.74. The van der Waals surface area contributed by atoms with Gasteiger partial charge in [-0.1, -0.05) is 6.07 Å². The van der Waals surface area contributed by atoms with Gasteiger partial charge >= 0.3 is 0 Å². The predicted octanol–water partition coefficient (Wildman–Crippen LogP) is 3.27. The summed E-state index contributed by atoms with van der Waals surface area (Å²) in [5, 5.41) is 15.0. The monoisotopic (exact) mass is 281 g/mol. The molecule has 0 aliphatic heterocycles. The first-order chi connectivity index (χ1) is 10.1. The van der Waals surface area contributed by atoms with Crippen LogP contribution in [-0.4, -0.2) is 13.0 Å². The number of hydrogen-bond acceptors (Lipinski definition) is 4. The van der Waals surface area contributed by atoms with Crippen LogP contribution in [0.15, 0.2) is 42.5 Å². The smallest absolute Gasteiger partial charge is 0.221 e. The average Bonchev–Trinajstić information content (AvgIpc) is 2.47. The van der Waals surface area contributed by atoms with Crippen LogP contribution in [-0.2, 0) is 4.79 Å². The Bertz CT molecular complexity index is 705. The molecule has 5 heteroatoms. The number of nitriles is 1. The molecular formula is C16H15N3O2. The van der Waals surface area contributed by atoms with E-state index in [1.54, 1.807) is 37.4 Å². The number of nitrogens with zero attached hydrogens (tertiary/aromatic N) is 1. The predicted molar refractivity (Wildman–Crippen MR) is 81.7 cm³/mol. The molecule has 1 amide bonds. The number of carbonyl (C=O) groups excluding carboxylic acids is 1. The van der Waals surface area contributed by atoms with Crippen molar-refractivity contribution in [3.05, 3.63) is 48.0 Å². The maximum atomic E-state index is 11.1. The fourth-order valence-electron chi connectivity index (χ4n) is 1.88. The van der Waals surface area contributed by atoms with Crippen LogP contribution in [0.5, 0.6) is 5.75 Å². The molecule has 2 aromatic carbocycles. The molecule has 2 aromatic rings. The van der Waals surface area contributed by atoms with Gasteiger partial charge in [0.15, 0.2) is 0 Å². The molecule has 2 rings (SSSR count). The zero-order chi connectivity index (χ0) is 15.2. The number of methoxy groups -OCH3 is 1. The van der Waals surface area contributed by atoms with Crippen molar-refractivity contribution in [2.24, 2.45) is 0 Å². The minimum absolute atomic E-state index is 0.133. The molecular weight excluding hydrogens is 266 g/mol. The van der Waals surface area contributed by atoms with Gasteiger partial charge in [-0.15, -0.1) is 0 Å². The quantitative estimate of drug-likeness (QED) is 0.902. The number of anilines is 3. The Morgan fingerprint density at radius 3 is 2.62 bits per heavy atom. The third-order valence-electron chi connectivity index (χ3n) is 2.81. The molecule has 0 radical (unpaired) electrons. The molecule has 0 bridgehead atoms. The van der Waals surface area contributed by atoms with E-state index in [1.807, 2.05) is 12.1 Å². The highest BCUT2D eigenvalue weighted by Crippen LogP contribution is 2.26. The van der Waals surface area contributed by atoms with Gasteiger partial charge in [0.1, 0.15) is 11.8 Å². The van der Waals surface area contributed by atoms with Gasteiger partial charge < -0.3 is 15.4 Å². The van der Waals surface area contributed by atoms with E-state index in [0.717, 1.165) is 5.69 Å². The van der Waals surface area contributed by atoms with Crippen molar-refractivity contribution in [1.82, 2.24) is 0 Å². The molecule has 0 saturated heterocycles. The van der Waals surface area contributed by atoms with Crippen molar-refractivity contribution >= 4 is 23.0 Å². The Hall–Kier alpha value is -3.00. The number of amides is 1. The van der Waals surface area contributed by atoms with Crippen LogP contribution >= 0.6 is 0 Å². The summed E-state index contributed by atoms with van der Waals surface area (Å²) in [6.45, 7) is 1.45. The number of carbonyl (C=O) groups is 1. The molecule has 0 atom stereocenters. The van der Waals surface area contributed by atoms with Gasteiger partial charge in [0.2, 0.25) is 5.91 Å². The van der Waals surface area contributed by atoms with Gasteiger partial charge in [-0.2, -0.15) is 5.26 Å². The Labute approximate surface area is 123 Å². The maximum Gasteiger partial charge on any atom is 0.221 e. The molecule has 0 aromatic heterocycles. The largest absolute Gasteiger partial charge is 0.497 e. The van der Waals surface area contributed by atoms with E-state index in [0.29, 0.717) is 22.7 Å². The normalized spacial score (nSPS) is 9.57. The highest BCUT2D eigenvalue weighted by molar-refractivity contribution is 5.89. The van der Waals surface area contributed by atoms with E-state index >= 15 is 0 Å². The van der Waals surface area contributed by atoms with Crippen LogP contribution in [0.3, 0.4) is 0 Å². The summed E-state index contributed by atoms with van der Waals surface area (Å²) in [7, 11) is 1.57. The lowest BCUT2D eigenvalue weighted by Crippen LogP contribution is -2.05. The number of rotatable bonds is 4. The number of nitrogens with one attached hydrogen (secondary N) is 2. The van der Waals surface area contributed by atoms with E-state index in [9.17, 15) is 4.79 Å². The van der Waals surface area contributed by atoms with E-state index in [-0.39, 0.29) is 5.91 Å². The second kappa shape index (κ2) is 6.44. The first-order valence-electron chi connectivity index (χ1n) is 6.35. The standard InChI is InChI=1S/C16H15N3O2/c1-11(20)18-13-4-3-5-14(8-13)19-16-9-15(21-2)7-6-12(16)10-17/h3-9,19H,1-2H3,(H,18,20). The Balaban J connectivity index is 2.29. The van der Waals surface area contributed by atoms with Crippen LogP contribution in [0.4, 0.5) is 17.1 Å². The number of ether oxygens (including phenoxy) is 1. The lowest BCUT2D eigenvalue weighted by Gasteiger charge is -2.11. The Morgan fingerprint density at radius 1 is 1.19 bits per heavy atom. The van der Waals surface area contributed by atoms with E-state index < -0.39 is 0 Å². The molecule has 0 heterocycles. The second-order valence-electron chi connectivity index (χ2n) is 4.41. The van der Waals surface area contributed by atoms with Crippen molar-refractivity contribution in [2.45, 2.75) is 6.92 Å². The SMILES string of the molecule is COc1ccc(C#N)c(Nc2cccc(NC(C)=O)c2)c1. The zero-order valence-corrected chi connectivity index (χ0v) is 11.8. The maximum absolute atomic E-state index is 11.1. The molecule has 0 spiro atoms. The summed E-state index contributed by atoms with van der Waals surface area (Å²) in [4.78, 5) is 11.1. The summed E-state index contributed by atoms with van der Waals surface area (Å²) in [5.41, 5.74) is 2.62. The molecule has 0 fully saturated rings. The molecule has 106 valence electrons. The van der Waals surface area contributed by atoms with Gasteiger partial charge in [0.05, 0.1) is 18.4 Å². The minimum atomic E-state index is -0.133. The molecule has 2 N–H and O–H groups in total. The van der Waals surface area contributed by atoms with Gasteiger partial charge in [-0.25, -0.2) is 0 Å². The Kier molecular flexibility index (Phi) is 4.42. The molecule has 0 aliphatic carbocycles. The highest BCUT2D eigenvalue weighted by Gasteiger charge is 2.05. The Morgan fingerprint density at radius 2 is 1.95 bits per heavy atom. The van der Waals surface area contributed by atoms with Crippen LogP contribution in [0.2, 0.25) is 0 Å². The van der Waals surface area contributed by atoms with Gasteiger partial charge in [0, 0.05) is 24.4 Å². The average molecular weight is 281 g/mol. The second-order valence-corrected chi connectivity index (χ2v) is 4.41. The topological polar surface area (TPSA) is 74.2 Å². The van der Waals surface area contributed by atoms with E-state index in [2.05, 4.69) is 16.7 Å². The van der Waals surface area contributed by atoms with Crippen molar-refractivity contribution in [2.75, 3.05) is 17.7 Å². The molecule has 21 heavy (non-hydrogen) atoms. The fourth-order valence-corrected chi connectivity index (χ4v) is 1.88. The highest BCUT2D eigenvalue weighted by atomic mass is 16.5. The summed E-state index contributed by atoms with van der Waals surface area (Å²) in [6.07, 6.45) is 0. The molecule has 0 unspecified atom stereocenters.